The lowest BCUT2D eigenvalue weighted by atomic mass is 10.1. The Labute approximate surface area is 155 Å². The Morgan fingerprint density at radius 1 is 1.22 bits per heavy atom. The molecule has 1 aliphatic rings. The first-order valence-corrected chi connectivity index (χ1v) is 8.44. The minimum absolute atomic E-state index is 0.0485. The van der Waals surface area contributed by atoms with Crippen LogP contribution >= 0.6 is 0 Å². The normalized spacial score (nSPS) is 13.1. The van der Waals surface area contributed by atoms with Crippen LogP contribution in [0.4, 0.5) is 8.78 Å². The maximum atomic E-state index is 12.9. The number of nitriles is 1. The molecule has 1 aliphatic carbocycles. The lowest BCUT2D eigenvalue weighted by Gasteiger charge is -2.23. The average molecular weight is 372 g/mol. The number of alkyl halides is 2. The number of ether oxygens (including phenoxy) is 2. The van der Waals surface area contributed by atoms with Gasteiger partial charge in [-0.1, -0.05) is 6.07 Å². The zero-order chi connectivity index (χ0) is 19.4. The van der Waals surface area contributed by atoms with Crippen molar-refractivity contribution in [3.63, 3.8) is 0 Å². The third kappa shape index (κ3) is 4.53. The van der Waals surface area contributed by atoms with Crippen LogP contribution < -0.4 is 9.47 Å². The van der Waals surface area contributed by atoms with Crippen molar-refractivity contribution in [1.29, 1.82) is 5.26 Å². The number of methoxy groups -OCH3 is 1. The van der Waals surface area contributed by atoms with Crippen LogP contribution in [-0.2, 0) is 6.54 Å². The molecule has 0 bridgehead atoms. The molecule has 2 aromatic carbocycles. The molecule has 0 unspecified atom stereocenters. The SMILES string of the molecule is COc1cc(CN(C(=O)c2ccc(C#N)cc2)C2CC2)ccc1OC(F)F. The first-order chi connectivity index (χ1) is 13.0. The number of hydrogen-bond donors (Lipinski definition) is 0. The minimum atomic E-state index is -2.94. The van der Waals surface area contributed by atoms with E-state index in [2.05, 4.69) is 4.74 Å². The average Bonchev–Trinajstić information content (AvgIpc) is 3.51. The van der Waals surface area contributed by atoms with Crippen LogP contribution in [-0.4, -0.2) is 30.6 Å². The number of benzene rings is 2. The van der Waals surface area contributed by atoms with Gasteiger partial charge < -0.3 is 14.4 Å². The van der Waals surface area contributed by atoms with Crippen LogP contribution in [0.15, 0.2) is 42.5 Å². The second-order valence-electron chi connectivity index (χ2n) is 6.22. The van der Waals surface area contributed by atoms with Gasteiger partial charge in [-0.15, -0.1) is 0 Å². The van der Waals surface area contributed by atoms with E-state index in [4.69, 9.17) is 10.00 Å². The summed E-state index contributed by atoms with van der Waals surface area (Å²) in [5.41, 5.74) is 1.75. The van der Waals surface area contributed by atoms with Gasteiger partial charge in [-0.3, -0.25) is 4.79 Å². The summed E-state index contributed by atoms with van der Waals surface area (Å²) in [6.07, 6.45) is 1.84. The summed E-state index contributed by atoms with van der Waals surface area (Å²) in [6, 6.07) is 13.3. The highest BCUT2D eigenvalue weighted by Crippen LogP contribution is 2.33. The third-order valence-corrected chi connectivity index (χ3v) is 4.31. The van der Waals surface area contributed by atoms with Gasteiger partial charge in [0, 0.05) is 18.2 Å². The molecule has 0 atom stereocenters. The van der Waals surface area contributed by atoms with Crippen molar-refractivity contribution in [2.24, 2.45) is 0 Å². The van der Waals surface area contributed by atoms with Crippen LogP contribution in [0.5, 0.6) is 11.5 Å². The molecule has 1 fully saturated rings. The molecule has 0 heterocycles. The van der Waals surface area contributed by atoms with Crippen LogP contribution in [0.3, 0.4) is 0 Å². The number of nitrogens with zero attached hydrogens (tertiary/aromatic N) is 2. The van der Waals surface area contributed by atoms with Crippen molar-refractivity contribution in [3.8, 4) is 17.6 Å². The van der Waals surface area contributed by atoms with Crippen molar-refractivity contribution >= 4 is 5.91 Å². The molecule has 0 radical (unpaired) electrons. The number of hydrogen-bond acceptors (Lipinski definition) is 4. The van der Waals surface area contributed by atoms with Crippen molar-refractivity contribution in [2.45, 2.75) is 32.0 Å². The van der Waals surface area contributed by atoms with Crippen LogP contribution in [0.2, 0.25) is 0 Å². The molecule has 1 saturated carbocycles. The Hall–Kier alpha value is -3.14. The fourth-order valence-corrected chi connectivity index (χ4v) is 2.81. The van der Waals surface area contributed by atoms with Gasteiger partial charge in [-0.25, -0.2) is 0 Å². The van der Waals surface area contributed by atoms with Gasteiger partial charge in [0.2, 0.25) is 0 Å². The summed E-state index contributed by atoms with van der Waals surface area (Å²) in [4.78, 5) is 14.6. The molecule has 7 heteroatoms. The Bertz CT molecular complexity index is 859. The van der Waals surface area contributed by atoms with E-state index in [-0.39, 0.29) is 23.4 Å². The quantitative estimate of drug-likeness (QED) is 0.738. The fourth-order valence-electron chi connectivity index (χ4n) is 2.81. The second-order valence-corrected chi connectivity index (χ2v) is 6.22. The van der Waals surface area contributed by atoms with Crippen molar-refractivity contribution in [3.05, 3.63) is 59.2 Å². The number of carbonyl (C=O) groups is 1. The third-order valence-electron chi connectivity index (χ3n) is 4.31. The Morgan fingerprint density at radius 3 is 2.48 bits per heavy atom. The standard InChI is InChI=1S/C20H18F2N2O3/c1-26-18-10-14(4-9-17(18)27-20(21)22)12-24(16-7-8-16)19(25)15-5-2-13(11-23)3-6-15/h2-6,9-10,16,20H,7-8,12H2,1H3. The number of rotatable bonds is 7. The molecule has 0 aromatic heterocycles. The molecule has 27 heavy (non-hydrogen) atoms. The Balaban J connectivity index is 1.80. The van der Waals surface area contributed by atoms with E-state index in [1.165, 1.54) is 13.2 Å². The first-order valence-electron chi connectivity index (χ1n) is 8.44. The molecule has 5 nitrogen and oxygen atoms in total. The summed E-state index contributed by atoms with van der Waals surface area (Å²) in [6.45, 7) is -2.61. The highest BCUT2D eigenvalue weighted by molar-refractivity contribution is 5.94. The molecular weight excluding hydrogens is 354 g/mol. The molecule has 3 rings (SSSR count). The zero-order valence-corrected chi connectivity index (χ0v) is 14.7. The molecule has 0 N–H and O–H groups in total. The molecule has 0 spiro atoms. The van der Waals surface area contributed by atoms with E-state index in [9.17, 15) is 13.6 Å². The molecule has 0 saturated heterocycles. The lowest BCUT2D eigenvalue weighted by Crippen LogP contribution is -2.32. The number of halogens is 2. The first kappa shape index (κ1) is 18.6. The van der Waals surface area contributed by atoms with Crippen molar-refractivity contribution in [2.75, 3.05) is 7.11 Å². The van der Waals surface area contributed by atoms with E-state index in [0.29, 0.717) is 17.7 Å². The topological polar surface area (TPSA) is 62.6 Å². The zero-order valence-electron chi connectivity index (χ0n) is 14.7. The minimum Gasteiger partial charge on any atom is -0.493 e. The lowest BCUT2D eigenvalue weighted by molar-refractivity contribution is -0.0512. The van der Waals surface area contributed by atoms with Gasteiger partial charge in [0.05, 0.1) is 18.7 Å². The van der Waals surface area contributed by atoms with Gasteiger partial charge in [-0.2, -0.15) is 14.0 Å². The van der Waals surface area contributed by atoms with Crippen molar-refractivity contribution in [1.82, 2.24) is 4.90 Å². The smallest absolute Gasteiger partial charge is 0.387 e. The maximum absolute atomic E-state index is 12.9. The molecule has 140 valence electrons. The second kappa shape index (κ2) is 8.04. The predicted octanol–water partition coefficient (Wildman–Crippen LogP) is 3.97. The Kier molecular flexibility index (Phi) is 5.55. The van der Waals surface area contributed by atoms with E-state index in [1.807, 2.05) is 6.07 Å². The van der Waals surface area contributed by atoms with Crippen LogP contribution in [0, 0.1) is 11.3 Å². The van der Waals surface area contributed by atoms with E-state index in [1.54, 1.807) is 41.3 Å². The summed E-state index contributed by atoms with van der Waals surface area (Å²) < 4.78 is 34.5. The molecule has 2 aromatic rings. The summed E-state index contributed by atoms with van der Waals surface area (Å²) in [5.74, 6) is 0.0101. The predicted molar refractivity (Wildman–Crippen MR) is 93.7 cm³/mol. The molecule has 1 amide bonds. The Morgan fingerprint density at radius 2 is 1.93 bits per heavy atom. The number of amides is 1. The van der Waals surface area contributed by atoms with E-state index >= 15 is 0 Å². The summed E-state index contributed by atoms with van der Waals surface area (Å²) >= 11 is 0. The van der Waals surface area contributed by atoms with Crippen LogP contribution in [0.25, 0.3) is 0 Å². The van der Waals surface area contributed by atoms with Gasteiger partial charge in [-0.05, 0) is 54.8 Å². The fraction of sp³-hybridized carbons (Fsp3) is 0.300. The monoisotopic (exact) mass is 372 g/mol. The largest absolute Gasteiger partial charge is 0.493 e. The summed E-state index contributed by atoms with van der Waals surface area (Å²) in [7, 11) is 1.37. The van der Waals surface area contributed by atoms with E-state index in [0.717, 1.165) is 18.4 Å². The van der Waals surface area contributed by atoms with Gasteiger partial charge >= 0.3 is 6.61 Å². The van der Waals surface area contributed by atoms with E-state index < -0.39 is 6.61 Å². The van der Waals surface area contributed by atoms with Gasteiger partial charge in [0.25, 0.3) is 5.91 Å². The van der Waals surface area contributed by atoms with Gasteiger partial charge in [0.15, 0.2) is 11.5 Å². The van der Waals surface area contributed by atoms with Crippen LogP contribution in [0.1, 0.15) is 34.3 Å². The highest BCUT2D eigenvalue weighted by atomic mass is 19.3. The summed E-state index contributed by atoms with van der Waals surface area (Å²) in [5, 5.41) is 8.88. The number of carbonyl (C=O) groups excluding carboxylic acids is 1. The van der Waals surface area contributed by atoms with Crippen molar-refractivity contribution < 1.29 is 23.0 Å². The molecule has 0 aliphatic heterocycles. The highest BCUT2D eigenvalue weighted by Gasteiger charge is 2.33. The molecular formula is C20H18F2N2O3. The van der Waals surface area contributed by atoms with Gasteiger partial charge in [0.1, 0.15) is 0 Å². The maximum Gasteiger partial charge on any atom is 0.387 e.